The molecule has 5 heteroatoms. The number of carbonyl (C=O) groups excluding carboxylic acids is 1. The lowest BCUT2D eigenvalue weighted by Gasteiger charge is -2.22. The van der Waals surface area contributed by atoms with Crippen LogP contribution < -0.4 is 10.1 Å². The van der Waals surface area contributed by atoms with Crippen LogP contribution in [0.15, 0.2) is 24.3 Å². The molecule has 0 aromatic heterocycles. The van der Waals surface area contributed by atoms with Crippen molar-refractivity contribution in [3.63, 3.8) is 0 Å². The Labute approximate surface area is 163 Å². The van der Waals surface area contributed by atoms with E-state index in [9.17, 15) is 4.79 Å². The molecule has 0 radical (unpaired) electrons. The Morgan fingerprint density at radius 2 is 1.74 bits per heavy atom. The van der Waals surface area contributed by atoms with Gasteiger partial charge in [0.15, 0.2) is 0 Å². The van der Waals surface area contributed by atoms with Gasteiger partial charge in [0, 0.05) is 6.42 Å². The molecule has 1 aromatic carbocycles. The Morgan fingerprint density at radius 1 is 1.04 bits per heavy atom. The zero-order chi connectivity index (χ0) is 19.2. The van der Waals surface area contributed by atoms with Gasteiger partial charge in [-0.05, 0) is 25.0 Å². The summed E-state index contributed by atoms with van der Waals surface area (Å²) in [7, 11) is 1.61. The molecule has 2 rings (SSSR count). The maximum Gasteiger partial charge on any atom is 0.224 e. The molecule has 27 heavy (non-hydrogen) atoms. The average Bonchev–Trinajstić information content (AvgIpc) is 2.70. The number of benzene rings is 1. The van der Waals surface area contributed by atoms with E-state index in [2.05, 4.69) is 5.32 Å². The first-order valence-corrected chi connectivity index (χ1v) is 10.4. The second kappa shape index (κ2) is 13.6. The Bertz CT molecular complexity index is 529. The van der Waals surface area contributed by atoms with Crippen LogP contribution in [-0.4, -0.2) is 38.9 Å². The van der Waals surface area contributed by atoms with E-state index in [1.165, 1.54) is 38.5 Å². The highest BCUT2D eigenvalue weighted by atomic mass is 16.6. The number of unbranched alkanes of at least 4 members (excludes halogenated alkanes) is 7. The summed E-state index contributed by atoms with van der Waals surface area (Å²) >= 11 is 0. The standard InChI is InChI=1S/C22H35NO4/c1-25-21-14-11-10-13-20(21)23-22(24)15-9-7-5-3-2-4-6-8-12-19-18-26-16-17-27-19/h10-11,13-14,19H,2-9,12,15-18H2,1H3,(H,23,24). The summed E-state index contributed by atoms with van der Waals surface area (Å²) < 4.78 is 16.3. The van der Waals surface area contributed by atoms with Crippen molar-refractivity contribution in [3.05, 3.63) is 24.3 Å². The number of anilines is 1. The number of hydrogen-bond donors (Lipinski definition) is 1. The van der Waals surface area contributed by atoms with Gasteiger partial charge in [0.25, 0.3) is 0 Å². The average molecular weight is 378 g/mol. The molecular weight excluding hydrogens is 342 g/mol. The van der Waals surface area contributed by atoms with Crippen LogP contribution in [-0.2, 0) is 14.3 Å². The van der Waals surface area contributed by atoms with E-state index in [1.807, 2.05) is 24.3 Å². The third-order valence-electron chi connectivity index (χ3n) is 4.95. The van der Waals surface area contributed by atoms with Gasteiger partial charge in [-0.2, -0.15) is 0 Å². The van der Waals surface area contributed by atoms with Crippen molar-refractivity contribution >= 4 is 11.6 Å². The van der Waals surface area contributed by atoms with Crippen molar-refractivity contribution in [3.8, 4) is 5.75 Å². The van der Waals surface area contributed by atoms with E-state index in [-0.39, 0.29) is 5.91 Å². The first-order chi connectivity index (χ1) is 13.3. The summed E-state index contributed by atoms with van der Waals surface area (Å²) in [6.07, 6.45) is 11.6. The highest BCUT2D eigenvalue weighted by Gasteiger charge is 2.13. The van der Waals surface area contributed by atoms with Crippen LogP contribution in [0.3, 0.4) is 0 Å². The zero-order valence-corrected chi connectivity index (χ0v) is 16.7. The minimum absolute atomic E-state index is 0.0633. The van der Waals surface area contributed by atoms with E-state index in [4.69, 9.17) is 14.2 Å². The Kier molecular flexibility index (Phi) is 10.9. The number of hydrogen-bond acceptors (Lipinski definition) is 4. The van der Waals surface area contributed by atoms with Crippen molar-refractivity contribution in [2.24, 2.45) is 0 Å². The van der Waals surface area contributed by atoms with Gasteiger partial charge in [0.05, 0.1) is 38.7 Å². The van der Waals surface area contributed by atoms with Crippen LogP contribution in [0, 0.1) is 0 Å². The van der Waals surface area contributed by atoms with Gasteiger partial charge in [-0.15, -0.1) is 0 Å². The molecule has 1 heterocycles. The topological polar surface area (TPSA) is 56.8 Å². The quantitative estimate of drug-likeness (QED) is 0.494. The number of rotatable bonds is 13. The fourth-order valence-corrected chi connectivity index (χ4v) is 3.38. The second-order valence-electron chi connectivity index (χ2n) is 7.18. The van der Waals surface area contributed by atoms with Gasteiger partial charge in [-0.1, -0.05) is 57.1 Å². The molecule has 1 amide bonds. The fraction of sp³-hybridized carbons (Fsp3) is 0.682. The van der Waals surface area contributed by atoms with Gasteiger partial charge in [-0.3, -0.25) is 4.79 Å². The summed E-state index contributed by atoms with van der Waals surface area (Å²) in [5.74, 6) is 0.766. The smallest absolute Gasteiger partial charge is 0.224 e. The third-order valence-corrected chi connectivity index (χ3v) is 4.95. The van der Waals surface area contributed by atoms with Crippen LogP contribution in [0.1, 0.15) is 64.2 Å². The maximum absolute atomic E-state index is 12.0. The van der Waals surface area contributed by atoms with Gasteiger partial charge in [-0.25, -0.2) is 0 Å². The van der Waals surface area contributed by atoms with Crippen molar-refractivity contribution < 1.29 is 19.0 Å². The largest absolute Gasteiger partial charge is 0.495 e. The van der Waals surface area contributed by atoms with Gasteiger partial charge in [0.1, 0.15) is 5.75 Å². The molecule has 0 spiro atoms. The summed E-state index contributed by atoms with van der Waals surface area (Å²) in [5, 5.41) is 2.93. The minimum atomic E-state index is 0.0633. The molecule has 0 aliphatic carbocycles. The number of para-hydroxylation sites is 2. The number of carbonyl (C=O) groups is 1. The molecule has 1 aliphatic rings. The number of nitrogens with one attached hydrogen (secondary N) is 1. The molecule has 1 fully saturated rings. The molecule has 1 saturated heterocycles. The summed E-state index contributed by atoms with van der Waals surface area (Å²) in [6.45, 7) is 2.27. The number of ether oxygens (including phenoxy) is 3. The van der Waals surface area contributed by atoms with Crippen molar-refractivity contribution in [2.75, 3.05) is 32.2 Å². The number of methoxy groups -OCH3 is 1. The molecule has 1 aromatic rings. The van der Waals surface area contributed by atoms with Crippen molar-refractivity contribution in [1.29, 1.82) is 0 Å². The second-order valence-corrected chi connectivity index (χ2v) is 7.18. The SMILES string of the molecule is COc1ccccc1NC(=O)CCCCCCCCCCC1COCCO1. The van der Waals surface area contributed by atoms with E-state index < -0.39 is 0 Å². The van der Waals surface area contributed by atoms with Gasteiger partial charge in [0.2, 0.25) is 5.91 Å². The minimum Gasteiger partial charge on any atom is -0.495 e. The van der Waals surface area contributed by atoms with Crippen LogP contribution in [0.25, 0.3) is 0 Å². The predicted octanol–water partition coefficient (Wildman–Crippen LogP) is 4.95. The van der Waals surface area contributed by atoms with Crippen molar-refractivity contribution in [2.45, 2.75) is 70.3 Å². The van der Waals surface area contributed by atoms with E-state index in [1.54, 1.807) is 7.11 Å². The number of amides is 1. The van der Waals surface area contributed by atoms with Crippen LogP contribution in [0.2, 0.25) is 0 Å². The van der Waals surface area contributed by atoms with E-state index in [0.717, 1.165) is 44.8 Å². The first-order valence-electron chi connectivity index (χ1n) is 10.4. The lowest BCUT2D eigenvalue weighted by Crippen LogP contribution is -2.28. The first kappa shape index (κ1) is 21.7. The molecular formula is C22H35NO4. The zero-order valence-electron chi connectivity index (χ0n) is 16.7. The highest BCUT2D eigenvalue weighted by molar-refractivity contribution is 5.92. The molecule has 1 unspecified atom stereocenters. The normalized spacial score (nSPS) is 16.9. The molecule has 0 bridgehead atoms. The molecule has 0 saturated carbocycles. The van der Waals surface area contributed by atoms with Crippen LogP contribution in [0.4, 0.5) is 5.69 Å². The summed E-state index contributed by atoms with van der Waals surface area (Å²) in [5.41, 5.74) is 0.746. The monoisotopic (exact) mass is 377 g/mol. The highest BCUT2D eigenvalue weighted by Crippen LogP contribution is 2.23. The van der Waals surface area contributed by atoms with Gasteiger partial charge < -0.3 is 19.5 Å². The maximum atomic E-state index is 12.0. The Morgan fingerprint density at radius 3 is 2.44 bits per heavy atom. The molecule has 1 aliphatic heterocycles. The van der Waals surface area contributed by atoms with Crippen molar-refractivity contribution in [1.82, 2.24) is 0 Å². The molecule has 5 nitrogen and oxygen atoms in total. The molecule has 152 valence electrons. The third kappa shape index (κ3) is 9.25. The molecule has 1 N–H and O–H groups in total. The summed E-state index contributed by atoms with van der Waals surface area (Å²) in [4.78, 5) is 12.0. The van der Waals surface area contributed by atoms with Crippen LogP contribution >= 0.6 is 0 Å². The van der Waals surface area contributed by atoms with E-state index >= 15 is 0 Å². The van der Waals surface area contributed by atoms with Crippen LogP contribution in [0.5, 0.6) is 5.75 Å². The Balaban J connectivity index is 1.40. The lowest BCUT2D eigenvalue weighted by molar-refractivity contribution is -0.116. The lowest BCUT2D eigenvalue weighted by atomic mass is 10.0. The predicted molar refractivity (Wildman–Crippen MR) is 108 cm³/mol. The fourth-order valence-electron chi connectivity index (χ4n) is 3.38. The summed E-state index contributed by atoms with van der Waals surface area (Å²) in [6, 6.07) is 7.51. The Hall–Kier alpha value is -1.59. The van der Waals surface area contributed by atoms with Gasteiger partial charge >= 0.3 is 0 Å². The molecule has 1 atom stereocenters. The van der Waals surface area contributed by atoms with E-state index in [0.29, 0.717) is 18.3 Å².